The molecule has 0 fully saturated rings. The molecule has 1 N–H and O–H groups in total. The summed E-state index contributed by atoms with van der Waals surface area (Å²) < 4.78 is 26.9. The van der Waals surface area contributed by atoms with Gasteiger partial charge in [-0.2, -0.15) is 0 Å². The lowest BCUT2D eigenvalue weighted by Crippen LogP contribution is -2.52. The van der Waals surface area contributed by atoms with Crippen LogP contribution in [0.4, 0.5) is 5.69 Å². The van der Waals surface area contributed by atoms with Gasteiger partial charge in [0.05, 0.1) is 11.9 Å². The summed E-state index contributed by atoms with van der Waals surface area (Å²) in [4.78, 5) is 29.3. The molecular weight excluding hydrogens is 546 g/mol. The summed E-state index contributed by atoms with van der Waals surface area (Å²) in [6, 6.07) is 22.6. The number of nitrogens with zero attached hydrogens (tertiary/aromatic N) is 2. The number of hydrogen-bond donors (Lipinski definition) is 1. The summed E-state index contributed by atoms with van der Waals surface area (Å²) in [5.41, 5.74) is 5.49. The highest BCUT2D eigenvalue weighted by Crippen LogP contribution is 2.23. The first-order chi connectivity index (χ1) is 19.9. The molecule has 0 aliphatic heterocycles. The Bertz CT molecular complexity index is 1440. The second kappa shape index (κ2) is 15.0. The van der Waals surface area contributed by atoms with Crippen molar-refractivity contribution in [2.24, 2.45) is 0 Å². The average Bonchev–Trinajstić information content (AvgIpc) is 2.92. The van der Waals surface area contributed by atoms with Gasteiger partial charge in [-0.3, -0.25) is 13.9 Å². The molecule has 0 saturated carbocycles. The van der Waals surface area contributed by atoms with Crippen molar-refractivity contribution in [3.63, 3.8) is 0 Å². The zero-order valence-electron chi connectivity index (χ0n) is 25.8. The van der Waals surface area contributed by atoms with E-state index in [1.807, 2.05) is 107 Å². The van der Waals surface area contributed by atoms with Crippen molar-refractivity contribution >= 4 is 27.5 Å². The molecule has 0 radical (unpaired) electrons. The topological polar surface area (TPSA) is 86.8 Å². The minimum Gasteiger partial charge on any atom is -0.352 e. The summed E-state index contributed by atoms with van der Waals surface area (Å²) in [7, 11) is -3.57. The number of sulfonamides is 1. The molecular formula is C34H45N3O4S. The summed E-state index contributed by atoms with van der Waals surface area (Å²) in [5, 5.41) is 3.09. The highest BCUT2D eigenvalue weighted by molar-refractivity contribution is 7.92. The monoisotopic (exact) mass is 591 g/mol. The molecule has 3 rings (SSSR count). The molecule has 0 aromatic heterocycles. The fraction of sp³-hybridized carbons (Fsp3) is 0.412. The van der Waals surface area contributed by atoms with Crippen molar-refractivity contribution in [1.29, 1.82) is 0 Å². The van der Waals surface area contributed by atoms with E-state index in [9.17, 15) is 18.0 Å². The summed E-state index contributed by atoms with van der Waals surface area (Å²) in [5.74, 6) is -0.382. The molecule has 7 nitrogen and oxygen atoms in total. The van der Waals surface area contributed by atoms with Gasteiger partial charge in [0.25, 0.3) is 0 Å². The molecule has 42 heavy (non-hydrogen) atoms. The first-order valence-corrected chi connectivity index (χ1v) is 16.5. The molecule has 3 aromatic carbocycles. The van der Waals surface area contributed by atoms with Crippen molar-refractivity contribution in [1.82, 2.24) is 10.2 Å². The van der Waals surface area contributed by atoms with Crippen molar-refractivity contribution < 1.29 is 18.0 Å². The largest absolute Gasteiger partial charge is 0.352 e. The third kappa shape index (κ3) is 9.72. The summed E-state index contributed by atoms with van der Waals surface area (Å²) in [6.07, 6.45) is 2.75. The highest BCUT2D eigenvalue weighted by Gasteiger charge is 2.31. The second-order valence-corrected chi connectivity index (χ2v) is 13.2. The first-order valence-electron chi connectivity index (χ1n) is 14.6. The molecule has 0 bridgehead atoms. The van der Waals surface area contributed by atoms with Crippen LogP contribution in [-0.2, 0) is 32.6 Å². The molecule has 226 valence electrons. The fourth-order valence-electron chi connectivity index (χ4n) is 5.10. The van der Waals surface area contributed by atoms with Crippen LogP contribution in [0.25, 0.3) is 0 Å². The van der Waals surface area contributed by atoms with Crippen LogP contribution >= 0.6 is 0 Å². The maximum atomic E-state index is 14.0. The summed E-state index contributed by atoms with van der Waals surface area (Å²) >= 11 is 0. The van der Waals surface area contributed by atoms with Gasteiger partial charge in [0.2, 0.25) is 21.8 Å². The number of hydrogen-bond acceptors (Lipinski definition) is 4. The van der Waals surface area contributed by atoms with Crippen LogP contribution in [0.3, 0.4) is 0 Å². The van der Waals surface area contributed by atoms with Crippen LogP contribution in [0.15, 0.2) is 72.8 Å². The maximum Gasteiger partial charge on any atom is 0.243 e. The van der Waals surface area contributed by atoms with E-state index < -0.39 is 16.1 Å². The Labute approximate surface area is 252 Å². The Kier molecular flexibility index (Phi) is 11.7. The van der Waals surface area contributed by atoms with E-state index in [1.54, 1.807) is 4.90 Å². The molecule has 2 atom stereocenters. The number of rotatable bonds is 14. The van der Waals surface area contributed by atoms with E-state index in [1.165, 1.54) is 10.6 Å². The Hall–Kier alpha value is -3.65. The quantitative estimate of drug-likeness (QED) is 0.260. The molecule has 0 unspecified atom stereocenters. The lowest BCUT2D eigenvalue weighted by atomic mass is 10.0. The Morgan fingerprint density at radius 2 is 1.50 bits per heavy atom. The van der Waals surface area contributed by atoms with Gasteiger partial charge < -0.3 is 10.2 Å². The number of anilines is 1. The van der Waals surface area contributed by atoms with Gasteiger partial charge in [-0.1, -0.05) is 73.2 Å². The minimum absolute atomic E-state index is 0.0344. The molecule has 0 heterocycles. The van der Waals surface area contributed by atoms with Crippen molar-refractivity contribution in [3.8, 4) is 0 Å². The van der Waals surface area contributed by atoms with Crippen molar-refractivity contribution in [2.45, 2.75) is 78.9 Å². The maximum absolute atomic E-state index is 14.0. The van der Waals surface area contributed by atoms with Gasteiger partial charge in [-0.15, -0.1) is 0 Å². The molecule has 8 heteroatoms. The fourth-order valence-corrected chi connectivity index (χ4v) is 6.05. The van der Waals surface area contributed by atoms with Crippen molar-refractivity contribution in [2.75, 3.05) is 17.1 Å². The Balaban J connectivity index is 1.90. The van der Waals surface area contributed by atoms with Gasteiger partial charge in [-0.05, 0) is 74.9 Å². The normalized spacial score (nSPS) is 12.8. The summed E-state index contributed by atoms with van der Waals surface area (Å²) in [6.45, 7) is 10.3. The average molecular weight is 592 g/mol. The molecule has 0 aliphatic carbocycles. The van der Waals surface area contributed by atoms with E-state index in [0.717, 1.165) is 34.2 Å². The molecule has 0 aliphatic rings. The Morgan fingerprint density at radius 3 is 2.10 bits per heavy atom. The Morgan fingerprint density at radius 1 is 0.857 bits per heavy atom. The van der Waals surface area contributed by atoms with Crippen LogP contribution in [0.5, 0.6) is 0 Å². The van der Waals surface area contributed by atoms with Crippen LogP contribution in [0.1, 0.15) is 60.9 Å². The van der Waals surface area contributed by atoms with Gasteiger partial charge in [0, 0.05) is 32.0 Å². The zero-order chi connectivity index (χ0) is 30.9. The number of aryl methyl sites for hydroxylation is 3. The van der Waals surface area contributed by atoms with E-state index in [4.69, 9.17) is 0 Å². The number of amides is 2. The third-order valence-electron chi connectivity index (χ3n) is 7.35. The zero-order valence-corrected chi connectivity index (χ0v) is 26.6. The molecule has 0 spiro atoms. The van der Waals surface area contributed by atoms with E-state index in [-0.39, 0.29) is 37.4 Å². The lowest BCUT2D eigenvalue weighted by molar-refractivity contribution is -0.141. The number of benzene rings is 3. The lowest BCUT2D eigenvalue weighted by Gasteiger charge is -2.33. The molecule has 0 saturated heterocycles. The van der Waals surface area contributed by atoms with Crippen LogP contribution in [0, 0.1) is 20.8 Å². The van der Waals surface area contributed by atoms with E-state index in [0.29, 0.717) is 18.5 Å². The number of carbonyl (C=O) groups is 2. The number of carbonyl (C=O) groups excluding carboxylic acids is 2. The second-order valence-electron chi connectivity index (χ2n) is 11.3. The molecule has 3 aromatic rings. The van der Waals surface area contributed by atoms with Gasteiger partial charge in [0.1, 0.15) is 6.04 Å². The van der Waals surface area contributed by atoms with Gasteiger partial charge >= 0.3 is 0 Å². The van der Waals surface area contributed by atoms with Crippen LogP contribution in [-0.4, -0.2) is 50.0 Å². The standard InChI is InChI=1S/C34H45N3O4S/c1-7-28(5)35-34(39)32(23-29-14-9-8-10-15-29)36(24-30-16-11-13-25(2)20-30)33(38)17-12-18-37(42(6,40)41)31-21-26(3)19-27(4)22-31/h8-11,13-16,19-22,28,32H,7,12,17-18,23-24H2,1-6H3,(H,35,39)/t28-,32+/m0/s1. The van der Waals surface area contributed by atoms with Crippen LogP contribution in [0.2, 0.25) is 0 Å². The van der Waals surface area contributed by atoms with Crippen LogP contribution < -0.4 is 9.62 Å². The van der Waals surface area contributed by atoms with Crippen molar-refractivity contribution in [3.05, 3.63) is 101 Å². The van der Waals surface area contributed by atoms with E-state index in [2.05, 4.69) is 5.32 Å². The minimum atomic E-state index is -3.57. The highest BCUT2D eigenvalue weighted by atomic mass is 32.2. The third-order valence-corrected chi connectivity index (χ3v) is 8.55. The van der Waals surface area contributed by atoms with Gasteiger partial charge in [-0.25, -0.2) is 8.42 Å². The smallest absolute Gasteiger partial charge is 0.243 e. The molecule has 2 amide bonds. The predicted molar refractivity (Wildman–Crippen MR) is 171 cm³/mol. The predicted octanol–water partition coefficient (Wildman–Crippen LogP) is 5.71. The van der Waals surface area contributed by atoms with Gasteiger partial charge in [0.15, 0.2) is 0 Å². The van der Waals surface area contributed by atoms with E-state index >= 15 is 0 Å². The number of nitrogens with one attached hydrogen (secondary N) is 1. The first kappa shape index (κ1) is 32.9. The SMILES string of the molecule is CC[C@H](C)NC(=O)[C@@H](Cc1ccccc1)N(Cc1cccc(C)c1)C(=O)CCCN(c1cc(C)cc(C)c1)S(C)(=O)=O.